The van der Waals surface area contributed by atoms with Crippen LogP contribution in [0.2, 0.25) is 0 Å². The Morgan fingerprint density at radius 1 is 1.10 bits per heavy atom. The predicted molar refractivity (Wildman–Crippen MR) is 119 cm³/mol. The summed E-state index contributed by atoms with van der Waals surface area (Å²) in [6.07, 6.45) is 7.18. The van der Waals surface area contributed by atoms with Crippen LogP contribution in [0.15, 0.2) is 42.7 Å². The molecule has 0 radical (unpaired) electrons. The van der Waals surface area contributed by atoms with Crippen molar-refractivity contribution in [2.45, 2.75) is 25.7 Å². The topological polar surface area (TPSA) is 92.8 Å². The number of unbranched alkanes of at least 4 members (excludes halogenated alkanes) is 1. The summed E-state index contributed by atoms with van der Waals surface area (Å²) in [5.74, 6) is 1.48. The molecule has 1 aliphatic heterocycles. The number of anilines is 1. The fourth-order valence-electron chi connectivity index (χ4n) is 3.84. The lowest BCUT2D eigenvalue weighted by molar-refractivity contribution is 0.0779. The molecule has 1 fully saturated rings. The maximum absolute atomic E-state index is 13.1. The van der Waals surface area contributed by atoms with Gasteiger partial charge in [-0.1, -0.05) is 12.5 Å². The monoisotopic (exact) mass is 426 g/mol. The Labute approximate surface area is 182 Å². The van der Waals surface area contributed by atoms with E-state index in [0.29, 0.717) is 29.5 Å². The number of carbonyl (C=O) groups is 2. The summed E-state index contributed by atoms with van der Waals surface area (Å²) in [5, 5.41) is 5.64. The molecule has 166 valence electrons. The molecule has 1 aromatic heterocycles. The number of ether oxygens (including phenoxy) is 2. The van der Waals surface area contributed by atoms with Crippen molar-refractivity contribution >= 4 is 17.6 Å². The number of likely N-dealkylation sites (tertiary alicyclic amines) is 1. The van der Waals surface area contributed by atoms with Crippen LogP contribution in [0, 0.1) is 5.92 Å². The van der Waals surface area contributed by atoms with Crippen molar-refractivity contribution in [1.82, 2.24) is 15.2 Å². The number of hydrogen-bond donors (Lipinski definition) is 2. The van der Waals surface area contributed by atoms with Gasteiger partial charge in [-0.15, -0.1) is 0 Å². The Balaban J connectivity index is 1.39. The van der Waals surface area contributed by atoms with Gasteiger partial charge in [-0.3, -0.25) is 9.78 Å². The number of aromatic nitrogens is 1. The number of amides is 3. The molecule has 3 amide bonds. The minimum Gasteiger partial charge on any atom is -0.496 e. The molecule has 3 rings (SSSR count). The maximum Gasteiger partial charge on any atom is 0.319 e. The van der Waals surface area contributed by atoms with E-state index in [-0.39, 0.29) is 11.9 Å². The highest BCUT2D eigenvalue weighted by Gasteiger charge is 2.30. The fourth-order valence-corrected chi connectivity index (χ4v) is 3.84. The predicted octanol–water partition coefficient (Wildman–Crippen LogP) is 3.55. The van der Waals surface area contributed by atoms with E-state index in [9.17, 15) is 9.59 Å². The second kappa shape index (κ2) is 11.2. The molecule has 1 saturated heterocycles. The van der Waals surface area contributed by atoms with Crippen molar-refractivity contribution in [3.8, 4) is 11.5 Å². The first-order valence-electron chi connectivity index (χ1n) is 10.6. The number of nitrogens with zero attached hydrogens (tertiary/aromatic N) is 2. The number of carbonyl (C=O) groups excluding carboxylic acids is 2. The fraction of sp³-hybridized carbons (Fsp3) is 0.435. The molecule has 1 aromatic carbocycles. The largest absolute Gasteiger partial charge is 0.496 e. The van der Waals surface area contributed by atoms with Gasteiger partial charge in [-0.05, 0) is 49.4 Å². The standard InChI is InChI=1S/C23H30N4O4/c1-30-19-7-5-8-20(31-2)21(19)22(28)27-15-11-17(16-27)6-3-4-12-25-23(29)26-18-9-13-24-14-10-18/h5,7-10,13-14,17H,3-4,6,11-12,15-16H2,1-2H3,(H2,24,25,26,29). The van der Waals surface area contributed by atoms with Crippen molar-refractivity contribution in [2.75, 3.05) is 39.2 Å². The zero-order chi connectivity index (χ0) is 22.1. The molecule has 1 unspecified atom stereocenters. The van der Waals surface area contributed by atoms with Crippen LogP contribution in [0.1, 0.15) is 36.0 Å². The third-order valence-electron chi connectivity index (χ3n) is 5.48. The van der Waals surface area contributed by atoms with Gasteiger partial charge in [-0.2, -0.15) is 0 Å². The van der Waals surface area contributed by atoms with Gasteiger partial charge in [-0.25, -0.2) is 4.79 Å². The Morgan fingerprint density at radius 3 is 2.48 bits per heavy atom. The number of urea groups is 1. The lowest BCUT2D eigenvalue weighted by Gasteiger charge is -2.20. The highest BCUT2D eigenvalue weighted by atomic mass is 16.5. The van der Waals surface area contributed by atoms with Gasteiger partial charge in [0.05, 0.1) is 14.2 Å². The van der Waals surface area contributed by atoms with Crippen LogP contribution in [0.3, 0.4) is 0 Å². The SMILES string of the molecule is COc1cccc(OC)c1C(=O)N1CCC(CCCCNC(=O)Nc2ccncc2)C1. The van der Waals surface area contributed by atoms with Crippen molar-refractivity contribution in [1.29, 1.82) is 0 Å². The molecule has 8 heteroatoms. The second-order valence-corrected chi connectivity index (χ2v) is 7.56. The molecule has 2 heterocycles. The second-order valence-electron chi connectivity index (χ2n) is 7.56. The van der Waals surface area contributed by atoms with E-state index in [4.69, 9.17) is 9.47 Å². The first kappa shape index (κ1) is 22.4. The number of methoxy groups -OCH3 is 2. The van der Waals surface area contributed by atoms with Gasteiger partial charge in [0.25, 0.3) is 5.91 Å². The Kier molecular flexibility index (Phi) is 8.09. The third kappa shape index (κ3) is 6.10. The summed E-state index contributed by atoms with van der Waals surface area (Å²) < 4.78 is 10.7. The minimum absolute atomic E-state index is 0.0498. The van der Waals surface area contributed by atoms with E-state index in [2.05, 4.69) is 15.6 Å². The normalized spacial score (nSPS) is 15.4. The van der Waals surface area contributed by atoms with Crippen LogP contribution >= 0.6 is 0 Å². The Morgan fingerprint density at radius 2 is 1.81 bits per heavy atom. The highest BCUT2D eigenvalue weighted by molar-refractivity contribution is 5.99. The van der Waals surface area contributed by atoms with Crippen LogP contribution in [0.5, 0.6) is 11.5 Å². The van der Waals surface area contributed by atoms with Crippen molar-refractivity contribution < 1.29 is 19.1 Å². The van der Waals surface area contributed by atoms with Gasteiger partial charge in [0, 0.05) is 37.7 Å². The highest BCUT2D eigenvalue weighted by Crippen LogP contribution is 2.32. The molecular formula is C23H30N4O4. The Hall–Kier alpha value is -3.29. The molecule has 1 atom stereocenters. The van der Waals surface area contributed by atoms with Gasteiger partial charge in [0.2, 0.25) is 0 Å². The van der Waals surface area contributed by atoms with Crippen LogP contribution < -0.4 is 20.1 Å². The minimum atomic E-state index is -0.213. The van der Waals surface area contributed by atoms with Gasteiger partial charge in [0.1, 0.15) is 17.1 Å². The zero-order valence-electron chi connectivity index (χ0n) is 18.1. The number of rotatable bonds is 9. The number of hydrogen-bond acceptors (Lipinski definition) is 5. The van der Waals surface area contributed by atoms with Crippen LogP contribution in [0.4, 0.5) is 10.5 Å². The van der Waals surface area contributed by atoms with Gasteiger partial charge >= 0.3 is 6.03 Å². The van der Waals surface area contributed by atoms with E-state index in [1.54, 1.807) is 50.9 Å². The molecule has 1 aliphatic rings. The molecule has 31 heavy (non-hydrogen) atoms. The molecule has 0 spiro atoms. The molecule has 2 aromatic rings. The van der Waals surface area contributed by atoms with E-state index in [1.165, 1.54) is 0 Å². The summed E-state index contributed by atoms with van der Waals surface area (Å²) in [7, 11) is 3.12. The van der Waals surface area contributed by atoms with Crippen molar-refractivity contribution in [3.05, 3.63) is 48.3 Å². The van der Waals surface area contributed by atoms with E-state index in [1.807, 2.05) is 11.0 Å². The van der Waals surface area contributed by atoms with E-state index < -0.39 is 0 Å². The first-order chi connectivity index (χ1) is 15.1. The third-order valence-corrected chi connectivity index (χ3v) is 5.48. The van der Waals surface area contributed by atoms with Gasteiger partial charge in [0.15, 0.2) is 0 Å². The van der Waals surface area contributed by atoms with Crippen molar-refractivity contribution in [2.24, 2.45) is 5.92 Å². The molecule has 0 bridgehead atoms. The maximum atomic E-state index is 13.1. The van der Waals surface area contributed by atoms with E-state index >= 15 is 0 Å². The molecular weight excluding hydrogens is 396 g/mol. The lowest BCUT2D eigenvalue weighted by atomic mass is 10.0. The number of pyridine rings is 1. The van der Waals surface area contributed by atoms with Crippen LogP contribution in [0.25, 0.3) is 0 Å². The van der Waals surface area contributed by atoms with Crippen LogP contribution in [-0.2, 0) is 0 Å². The summed E-state index contributed by atoms with van der Waals surface area (Å²) in [6, 6.07) is 8.64. The number of benzene rings is 1. The summed E-state index contributed by atoms with van der Waals surface area (Å²) in [5.41, 5.74) is 1.20. The summed E-state index contributed by atoms with van der Waals surface area (Å²) >= 11 is 0. The number of nitrogens with one attached hydrogen (secondary N) is 2. The van der Waals surface area contributed by atoms with Gasteiger partial charge < -0.3 is 25.0 Å². The average molecular weight is 427 g/mol. The zero-order valence-corrected chi connectivity index (χ0v) is 18.1. The molecule has 8 nitrogen and oxygen atoms in total. The quantitative estimate of drug-likeness (QED) is 0.598. The van der Waals surface area contributed by atoms with Crippen LogP contribution in [-0.4, -0.2) is 55.7 Å². The average Bonchev–Trinajstić information content (AvgIpc) is 3.27. The first-order valence-corrected chi connectivity index (χ1v) is 10.6. The summed E-state index contributed by atoms with van der Waals surface area (Å²) in [4.78, 5) is 30.7. The molecule has 0 aliphatic carbocycles. The van der Waals surface area contributed by atoms with Crippen molar-refractivity contribution in [3.63, 3.8) is 0 Å². The Bertz CT molecular complexity index is 853. The van der Waals surface area contributed by atoms with E-state index in [0.717, 1.165) is 44.5 Å². The summed E-state index contributed by atoms with van der Waals surface area (Å²) in [6.45, 7) is 2.08. The molecule has 0 saturated carbocycles. The smallest absolute Gasteiger partial charge is 0.319 e. The molecule has 2 N–H and O–H groups in total. The lowest BCUT2D eigenvalue weighted by Crippen LogP contribution is -2.30.